The number of nitrogens with zero attached hydrogens (tertiary/aromatic N) is 3. The molecule has 22 heavy (non-hydrogen) atoms. The maximum absolute atomic E-state index is 12.3. The lowest BCUT2D eigenvalue weighted by molar-refractivity contribution is -0.116. The van der Waals surface area contributed by atoms with E-state index in [1.807, 2.05) is 0 Å². The van der Waals surface area contributed by atoms with Crippen LogP contribution in [0.4, 0.5) is 5.69 Å². The molecule has 3 rings (SSSR count). The van der Waals surface area contributed by atoms with Crippen molar-refractivity contribution in [1.82, 2.24) is 14.7 Å². The van der Waals surface area contributed by atoms with Crippen molar-refractivity contribution in [3.8, 4) is 0 Å². The summed E-state index contributed by atoms with van der Waals surface area (Å²) in [7, 11) is 0. The Labute approximate surface area is 129 Å². The third-order valence-corrected chi connectivity index (χ3v) is 3.43. The lowest BCUT2D eigenvalue weighted by Crippen LogP contribution is -2.28. The molecule has 1 amide bonds. The Kier molecular flexibility index (Phi) is 3.64. The number of rotatable bonds is 3. The molecule has 2 heterocycles. The minimum Gasteiger partial charge on any atom is -0.335 e. The van der Waals surface area contributed by atoms with Gasteiger partial charge in [-0.15, -0.1) is 0 Å². The molecule has 0 unspecified atom stereocenters. The summed E-state index contributed by atoms with van der Waals surface area (Å²) in [5, 5.41) is 7.03. The number of anilines is 1. The lowest BCUT2D eigenvalue weighted by Gasteiger charge is -2.08. The highest BCUT2D eigenvalue weighted by atomic mass is 35.5. The van der Waals surface area contributed by atoms with E-state index in [4.69, 9.17) is 16.1 Å². The Hall–Kier alpha value is -2.67. The number of halogens is 1. The van der Waals surface area contributed by atoms with E-state index in [9.17, 15) is 9.59 Å². The van der Waals surface area contributed by atoms with Crippen molar-refractivity contribution in [2.75, 3.05) is 5.32 Å². The van der Waals surface area contributed by atoms with E-state index < -0.39 is 0 Å². The maximum Gasteiger partial charge on any atom is 0.267 e. The summed E-state index contributed by atoms with van der Waals surface area (Å²) in [6.45, 7) is 1.46. The van der Waals surface area contributed by atoms with Gasteiger partial charge in [-0.05, 0) is 19.1 Å². The number of nitrogens with one attached hydrogen (secondary N) is 1. The van der Waals surface area contributed by atoms with Crippen LogP contribution in [0.1, 0.15) is 5.69 Å². The molecule has 0 aliphatic heterocycles. The number of carbonyl (C=O) groups is 1. The van der Waals surface area contributed by atoms with Gasteiger partial charge in [-0.3, -0.25) is 14.2 Å². The van der Waals surface area contributed by atoms with Crippen LogP contribution in [0.2, 0.25) is 5.02 Å². The van der Waals surface area contributed by atoms with Gasteiger partial charge in [-0.1, -0.05) is 28.9 Å². The summed E-state index contributed by atoms with van der Waals surface area (Å²) in [4.78, 5) is 28.3. The molecule has 0 saturated heterocycles. The van der Waals surface area contributed by atoms with E-state index in [1.165, 1.54) is 10.9 Å². The monoisotopic (exact) mass is 318 g/mol. The predicted molar refractivity (Wildman–Crippen MR) is 80.9 cm³/mol. The van der Waals surface area contributed by atoms with Gasteiger partial charge in [-0.2, -0.15) is 0 Å². The molecule has 1 N–H and O–H groups in total. The molecule has 0 spiro atoms. The first-order valence-electron chi connectivity index (χ1n) is 6.42. The highest BCUT2D eigenvalue weighted by molar-refractivity contribution is 6.33. The summed E-state index contributed by atoms with van der Waals surface area (Å²) >= 11 is 5.97. The topological polar surface area (TPSA) is 90.0 Å². The smallest absolute Gasteiger partial charge is 0.267 e. The molecule has 0 atom stereocenters. The average Bonchev–Trinajstić information content (AvgIpc) is 2.87. The van der Waals surface area contributed by atoms with Crippen molar-refractivity contribution in [1.29, 1.82) is 0 Å². The van der Waals surface area contributed by atoms with Crippen LogP contribution < -0.4 is 10.9 Å². The SMILES string of the molecule is Cc1noc2ncn(CC(=O)Nc3ccccc3Cl)c(=O)c12. The van der Waals surface area contributed by atoms with Gasteiger partial charge in [0.15, 0.2) is 0 Å². The number of aryl methyl sites for hydroxylation is 1. The minimum atomic E-state index is -0.384. The second kappa shape index (κ2) is 5.61. The summed E-state index contributed by atoms with van der Waals surface area (Å²) in [5.41, 5.74) is 0.703. The number of benzene rings is 1. The van der Waals surface area contributed by atoms with Gasteiger partial charge in [0.25, 0.3) is 11.3 Å². The van der Waals surface area contributed by atoms with E-state index in [0.717, 1.165) is 0 Å². The highest BCUT2D eigenvalue weighted by Gasteiger charge is 2.14. The van der Waals surface area contributed by atoms with E-state index in [2.05, 4.69) is 15.5 Å². The van der Waals surface area contributed by atoms with Crippen LogP contribution in [0.25, 0.3) is 11.1 Å². The Morgan fingerprint density at radius 1 is 1.41 bits per heavy atom. The highest BCUT2D eigenvalue weighted by Crippen LogP contribution is 2.20. The van der Waals surface area contributed by atoms with E-state index >= 15 is 0 Å². The Morgan fingerprint density at radius 3 is 2.95 bits per heavy atom. The molecule has 0 aliphatic carbocycles. The molecule has 0 fully saturated rings. The van der Waals surface area contributed by atoms with Crippen molar-refractivity contribution in [3.63, 3.8) is 0 Å². The normalized spacial score (nSPS) is 10.8. The van der Waals surface area contributed by atoms with Crippen LogP contribution in [0.15, 0.2) is 39.9 Å². The van der Waals surface area contributed by atoms with Crippen LogP contribution >= 0.6 is 11.6 Å². The van der Waals surface area contributed by atoms with Crippen LogP contribution in [0.5, 0.6) is 0 Å². The van der Waals surface area contributed by atoms with Gasteiger partial charge in [-0.25, -0.2) is 4.98 Å². The zero-order chi connectivity index (χ0) is 15.7. The van der Waals surface area contributed by atoms with E-state index in [0.29, 0.717) is 16.4 Å². The minimum absolute atomic E-state index is 0.158. The molecule has 112 valence electrons. The number of hydrogen-bond donors (Lipinski definition) is 1. The van der Waals surface area contributed by atoms with Crippen LogP contribution in [0.3, 0.4) is 0 Å². The number of carbonyl (C=O) groups excluding carboxylic acids is 1. The summed E-state index contributed by atoms with van der Waals surface area (Å²) in [6, 6.07) is 6.85. The van der Waals surface area contributed by atoms with Crippen molar-refractivity contribution in [3.05, 3.63) is 51.7 Å². The number of para-hydroxylation sites is 1. The molecule has 0 bridgehead atoms. The number of fused-ring (bicyclic) bond motifs is 1. The predicted octanol–water partition coefficient (Wildman–Crippen LogP) is 1.99. The molecular formula is C14H11ClN4O3. The lowest BCUT2D eigenvalue weighted by atomic mass is 10.3. The number of hydrogen-bond acceptors (Lipinski definition) is 5. The largest absolute Gasteiger partial charge is 0.335 e. The van der Waals surface area contributed by atoms with Gasteiger partial charge in [0.05, 0.1) is 16.4 Å². The molecule has 8 heteroatoms. The van der Waals surface area contributed by atoms with Gasteiger partial charge < -0.3 is 9.84 Å². The Morgan fingerprint density at radius 2 is 2.18 bits per heavy atom. The fourth-order valence-electron chi connectivity index (χ4n) is 2.03. The van der Waals surface area contributed by atoms with Crippen LogP contribution in [0, 0.1) is 6.92 Å². The summed E-state index contributed by atoms with van der Waals surface area (Å²) in [5.74, 6) is -0.384. The van der Waals surface area contributed by atoms with Crippen molar-refractivity contribution < 1.29 is 9.32 Å². The first-order chi connectivity index (χ1) is 10.6. The standard InChI is InChI=1S/C14H11ClN4O3/c1-8-12-13(22-18-8)16-7-19(14(12)21)6-11(20)17-10-5-3-2-4-9(10)15/h2-5,7H,6H2,1H3,(H,17,20). The van der Waals surface area contributed by atoms with Gasteiger partial charge in [0.1, 0.15) is 18.3 Å². The van der Waals surface area contributed by atoms with Gasteiger partial charge in [0.2, 0.25) is 5.91 Å². The quantitative estimate of drug-likeness (QED) is 0.797. The summed E-state index contributed by atoms with van der Waals surface area (Å²) in [6.07, 6.45) is 1.25. The third-order valence-electron chi connectivity index (χ3n) is 3.10. The fraction of sp³-hybridized carbons (Fsp3) is 0.143. The molecule has 0 aliphatic rings. The molecular weight excluding hydrogens is 308 g/mol. The molecule has 2 aromatic heterocycles. The average molecular weight is 319 g/mol. The van der Waals surface area contributed by atoms with Crippen molar-refractivity contribution in [2.24, 2.45) is 0 Å². The van der Waals surface area contributed by atoms with E-state index in [1.54, 1.807) is 31.2 Å². The summed E-state index contributed by atoms with van der Waals surface area (Å²) < 4.78 is 6.10. The van der Waals surface area contributed by atoms with Gasteiger partial charge in [0, 0.05) is 0 Å². The van der Waals surface area contributed by atoms with Crippen molar-refractivity contribution in [2.45, 2.75) is 13.5 Å². The first kappa shape index (κ1) is 14.3. The maximum atomic E-state index is 12.3. The Bertz CT molecular complexity index is 916. The number of amides is 1. The second-order valence-electron chi connectivity index (χ2n) is 4.65. The molecule has 7 nitrogen and oxygen atoms in total. The first-order valence-corrected chi connectivity index (χ1v) is 6.80. The van der Waals surface area contributed by atoms with Crippen LogP contribution in [-0.2, 0) is 11.3 Å². The molecule has 3 aromatic rings. The number of aromatic nitrogens is 3. The molecule has 0 saturated carbocycles. The third kappa shape index (κ3) is 2.58. The zero-order valence-electron chi connectivity index (χ0n) is 11.5. The van der Waals surface area contributed by atoms with Crippen molar-refractivity contribution >= 4 is 34.3 Å². The molecule has 0 radical (unpaired) electrons. The van der Waals surface area contributed by atoms with Gasteiger partial charge >= 0.3 is 0 Å². The molecule has 1 aromatic carbocycles. The zero-order valence-corrected chi connectivity index (χ0v) is 12.3. The van der Waals surface area contributed by atoms with Crippen LogP contribution in [-0.4, -0.2) is 20.6 Å². The fourth-order valence-corrected chi connectivity index (χ4v) is 2.21. The van der Waals surface area contributed by atoms with E-state index in [-0.39, 0.29) is 29.1 Å². The second-order valence-corrected chi connectivity index (χ2v) is 5.06. The Balaban J connectivity index is 1.86.